The Morgan fingerprint density at radius 3 is 2.33 bits per heavy atom. The lowest BCUT2D eigenvalue weighted by atomic mass is 9.71. The number of rotatable bonds is 2. The van der Waals surface area contributed by atoms with Gasteiger partial charge in [0, 0.05) is 0 Å². The number of aliphatic hydroxyl groups excluding tert-OH is 1. The van der Waals surface area contributed by atoms with Crippen molar-refractivity contribution in [3.05, 3.63) is 24.3 Å². The van der Waals surface area contributed by atoms with Crippen molar-refractivity contribution in [1.29, 1.82) is 0 Å². The quantitative estimate of drug-likeness (QED) is 0.710. The van der Waals surface area contributed by atoms with E-state index in [1.807, 2.05) is 19.1 Å². The molecule has 0 spiro atoms. The molecule has 0 bridgehead atoms. The Bertz CT molecular complexity index is 283. The molecule has 1 heterocycles. The predicted molar refractivity (Wildman–Crippen MR) is 62.7 cm³/mol. The average Bonchev–Trinajstić information content (AvgIpc) is 2.46. The van der Waals surface area contributed by atoms with E-state index >= 15 is 0 Å². The molecule has 2 unspecified atom stereocenters. The van der Waals surface area contributed by atoms with E-state index in [-0.39, 0.29) is 11.5 Å². The molecule has 1 rings (SSSR count). The standard InChI is InChI=1S/C13H22O2/c1-9-7-8-13(15-9,12(4,5)6)10(2)11(3)14/h7-9,11,14H,2H2,1,3-6H3/t9-,11?,13?/m0/s1. The van der Waals surface area contributed by atoms with Gasteiger partial charge in [-0.05, 0) is 30.9 Å². The zero-order chi connectivity index (χ0) is 11.9. The second-order valence-corrected chi connectivity index (χ2v) is 5.37. The minimum atomic E-state index is -0.556. The van der Waals surface area contributed by atoms with Gasteiger partial charge in [-0.25, -0.2) is 0 Å². The Hall–Kier alpha value is -0.600. The van der Waals surface area contributed by atoms with Crippen molar-refractivity contribution >= 4 is 0 Å². The van der Waals surface area contributed by atoms with Gasteiger partial charge in [-0.2, -0.15) is 0 Å². The molecular formula is C13H22O2. The summed E-state index contributed by atoms with van der Waals surface area (Å²) in [4.78, 5) is 0. The van der Waals surface area contributed by atoms with E-state index in [0.29, 0.717) is 0 Å². The van der Waals surface area contributed by atoms with Gasteiger partial charge in [0.15, 0.2) is 0 Å². The van der Waals surface area contributed by atoms with Crippen molar-refractivity contribution in [2.75, 3.05) is 0 Å². The van der Waals surface area contributed by atoms with Gasteiger partial charge in [0.2, 0.25) is 0 Å². The first-order valence-electron chi connectivity index (χ1n) is 5.45. The average molecular weight is 210 g/mol. The molecule has 1 aliphatic rings. The summed E-state index contributed by atoms with van der Waals surface area (Å²) in [6, 6.07) is 0. The molecular weight excluding hydrogens is 188 g/mol. The van der Waals surface area contributed by atoms with Crippen LogP contribution in [0.5, 0.6) is 0 Å². The van der Waals surface area contributed by atoms with Crippen molar-refractivity contribution in [1.82, 2.24) is 0 Å². The summed E-state index contributed by atoms with van der Waals surface area (Å²) in [6.07, 6.45) is 3.59. The molecule has 15 heavy (non-hydrogen) atoms. The molecule has 86 valence electrons. The van der Waals surface area contributed by atoms with Gasteiger partial charge in [0.05, 0.1) is 12.2 Å². The van der Waals surface area contributed by atoms with Crippen LogP contribution in [0.1, 0.15) is 34.6 Å². The van der Waals surface area contributed by atoms with Crippen LogP contribution in [0.2, 0.25) is 0 Å². The third kappa shape index (κ3) is 2.01. The molecule has 2 nitrogen and oxygen atoms in total. The van der Waals surface area contributed by atoms with Crippen LogP contribution < -0.4 is 0 Å². The van der Waals surface area contributed by atoms with Gasteiger partial charge in [0.1, 0.15) is 5.60 Å². The molecule has 2 heteroatoms. The van der Waals surface area contributed by atoms with Gasteiger partial charge in [-0.1, -0.05) is 33.4 Å². The molecule has 1 aliphatic heterocycles. The molecule has 0 aromatic heterocycles. The Kier molecular flexibility index (Phi) is 3.13. The van der Waals surface area contributed by atoms with Crippen LogP contribution in [0.3, 0.4) is 0 Å². The van der Waals surface area contributed by atoms with Crippen molar-refractivity contribution in [2.45, 2.75) is 52.4 Å². The minimum absolute atomic E-state index is 0.0831. The number of aliphatic hydroxyl groups is 1. The summed E-state index contributed by atoms with van der Waals surface area (Å²) in [6.45, 7) is 14.0. The van der Waals surface area contributed by atoms with Gasteiger partial charge < -0.3 is 9.84 Å². The molecule has 0 aromatic carbocycles. The second kappa shape index (κ2) is 3.76. The largest absolute Gasteiger partial charge is 0.389 e. The van der Waals surface area contributed by atoms with Crippen molar-refractivity contribution in [3.8, 4) is 0 Å². The topological polar surface area (TPSA) is 29.5 Å². The third-order valence-corrected chi connectivity index (χ3v) is 3.07. The molecule has 0 radical (unpaired) electrons. The highest BCUT2D eigenvalue weighted by Crippen LogP contribution is 2.45. The van der Waals surface area contributed by atoms with Crippen LogP contribution in [-0.2, 0) is 4.74 Å². The molecule has 0 amide bonds. The van der Waals surface area contributed by atoms with Crippen molar-refractivity contribution < 1.29 is 9.84 Å². The molecule has 1 N–H and O–H groups in total. The van der Waals surface area contributed by atoms with Crippen LogP contribution in [0.25, 0.3) is 0 Å². The molecule has 0 saturated carbocycles. The van der Waals surface area contributed by atoms with Crippen LogP contribution in [0.4, 0.5) is 0 Å². The van der Waals surface area contributed by atoms with Crippen LogP contribution >= 0.6 is 0 Å². The van der Waals surface area contributed by atoms with E-state index in [2.05, 4.69) is 27.4 Å². The summed E-state index contributed by atoms with van der Waals surface area (Å²) in [7, 11) is 0. The Morgan fingerprint density at radius 1 is 1.53 bits per heavy atom. The second-order valence-electron chi connectivity index (χ2n) is 5.37. The highest BCUT2D eigenvalue weighted by molar-refractivity contribution is 5.33. The smallest absolute Gasteiger partial charge is 0.115 e. The number of ether oxygens (including phenoxy) is 1. The summed E-state index contributed by atoms with van der Waals surface area (Å²) in [5.74, 6) is 0. The van der Waals surface area contributed by atoms with Gasteiger partial charge in [0.25, 0.3) is 0 Å². The summed E-state index contributed by atoms with van der Waals surface area (Å²) < 4.78 is 5.97. The number of hydrogen-bond donors (Lipinski definition) is 1. The summed E-state index contributed by atoms with van der Waals surface area (Å²) in [5.41, 5.74) is 0.0822. The summed E-state index contributed by atoms with van der Waals surface area (Å²) >= 11 is 0. The van der Waals surface area contributed by atoms with E-state index in [1.165, 1.54) is 0 Å². The zero-order valence-electron chi connectivity index (χ0n) is 10.4. The highest BCUT2D eigenvalue weighted by Gasteiger charge is 2.47. The molecule has 0 aliphatic carbocycles. The van der Waals surface area contributed by atoms with Gasteiger partial charge in [-0.15, -0.1) is 0 Å². The van der Waals surface area contributed by atoms with E-state index in [1.54, 1.807) is 6.92 Å². The van der Waals surface area contributed by atoms with Crippen LogP contribution in [0, 0.1) is 5.41 Å². The lowest BCUT2D eigenvalue weighted by molar-refractivity contribution is -0.0684. The number of hydrogen-bond acceptors (Lipinski definition) is 2. The summed E-state index contributed by atoms with van der Waals surface area (Å²) in [5, 5.41) is 9.68. The monoisotopic (exact) mass is 210 g/mol. The first kappa shape index (κ1) is 12.5. The van der Waals surface area contributed by atoms with E-state index < -0.39 is 11.7 Å². The predicted octanol–water partition coefficient (Wildman–Crippen LogP) is 2.68. The lowest BCUT2D eigenvalue weighted by Gasteiger charge is -2.43. The first-order valence-corrected chi connectivity index (χ1v) is 5.45. The normalized spacial score (nSPS) is 33.1. The fourth-order valence-electron chi connectivity index (χ4n) is 2.04. The van der Waals surface area contributed by atoms with Gasteiger partial charge in [-0.3, -0.25) is 0 Å². The molecule has 0 fully saturated rings. The van der Waals surface area contributed by atoms with Crippen LogP contribution in [0.15, 0.2) is 24.3 Å². The van der Waals surface area contributed by atoms with E-state index in [4.69, 9.17) is 4.74 Å². The fourth-order valence-corrected chi connectivity index (χ4v) is 2.04. The van der Waals surface area contributed by atoms with Crippen molar-refractivity contribution in [2.24, 2.45) is 5.41 Å². The van der Waals surface area contributed by atoms with Crippen molar-refractivity contribution in [3.63, 3.8) is 0 Å². The maximum atomic E-state index is 9.68. The SMILES string of the molecule is C=C(C(C)O)C1(C(C)(C)C)C=C[C@H](C)O1. The Balaban J connectivity index is 3.11. The van der Waals surface area contributed by atoms with E-state index in [9.17, 15) is 5.11 Å². The maximum absolute atomic E-state index is 9.68. The molecule has 3 atom stereocenters. The Morgan fingerprint density at radius 2 is 2.07 bits per heavy atom. The highest BCUT2D eigenvalue weighted by atomic mass is 16.5. The molecule has 0 saturated heterocycles. The molecule has 0 aromatic rings. The maximum Gasteiger partial charge on any atom is 0.115 e. The third-order valence-electron chi connectivity index (χ3n) is 3.07. The fraction of sp³-hybridized carbons (Fsp3) is 0.692. The van der Waals surface area contributed by atoms with Gasteiger partial charge >= 0.3 is 0 Å². The Labute approximate surface area is 92.6 Å². The first-order chi connectivity index (χ1) is 6.71. The van der Waals surface area contributed by atoms with E-state index in [0.717, 1.165) is 5.57 Å². The minimum Gasteiger partial charge on any atom is -0.389 e. The lowest BCUT2D eigenvalue weighted by Crippen LogP contribution is -2.46. The van der Waals surface area contributed by atoms with Crippen LogP contribution in [-0.4, -0.2) is 22.9 Å². The zero-order valence-corrected chi connectivity index (χ0v) is 10.4.